The van der Waals surface area contributed by atoms with Crippen molar-refractivity contribution < 1.29 is 4.79 Å². The standard InChI is InChI=1S/C16H14BrN3O/c1-11-9-12(17)6-7-14(11)19(2)16(21)13-10-18-20-8-4-3-5-15(13)20/h3-10H,1-2H3. The summed E-state index contributed by atoms with van der Waals surface area (Å²) in [5.74, 6) is -0.0679. The van der Waals surface area contributed by atoms with E-state index in [2.05, 4.69) is 21.0 Å². The zero-order chi connectivity index (χ0) is 15.0. The molecule has 3 rings (SSSR count). The minimum absolute atomic E-state index is 0.0679. The summed E-state index contributed by atoms with van der Waals surface area (Å²) in [6.45, 7) is 1.99. The van der Waals surface area contributed by atoms with Crippen molar-refractivity contribution in [3.63, 3.8) is 0 Å². The molecule has 0 saturated carbocycles. The number of benzene rings is 1. The number of fused-ring (bicyclic) bond motifs is 1. The highest BCUT2D eigenvalue weighted by atomic mass is 79.9. The van der Waals surface area contributed by atoms with Crippen molar-refractivity contribution in [3.05, 3.63) is 64.4 Å². The van der Waals surface area contributed by atoms with E-state index in [4.69, 9.17) is 0 Å². The van der Waals surface area contributed by atoms with Crippen LogP contribution in [0, 0.1) is 6.92 Å². The van der Waals surface area contributed by atoms with Crippen molar-refractivity contribution in [2.75, 3.05) is 11.9 Å². The first-order chi connectivity index (χ1) is 10.1. The maximum Gasteiger partial charge on any atom is 0.261 e. The van der Waals surface area contributed by atoms with E-state index in [1.807, 2.05) is 49.5 Å². The smallest absolute Gasteiger partial charge is 0.261 e. The molecule has 21 heavy (non-hydrogen) atoms. The van der Waals surface area contributed by atoms with E-state index in [0.717, 1.165) is 21.2 Å². The average Bonchev–Trinajstić information content (AvgIpc) is 2.90. The molecule has 4 nitrogen and oxygen atoms in total. The predicted octanol–water partition coefficient (Wildman–Crippen LogP) is 3.68. The Labute approximate surface area is 131 Å². The van der Waals surface area contributed by atoms with Crippen LogP contribution in [0.5, 0.6) is 0 Å². The molecule has 0 unspecified atom stereocenters. The maximum atomic E-state index is 12.7. The second kappa shape index (κ2) is 5.33. The molecule has 5 heteroatoms. The Morgan fingerprint density at radius 3 is 2.86 bits per heavy atom. The molecule has 0 aliphatic carbocycles. The van der Waals surface area contributed by atoms with Crippen molar-refractivity contribution in [3.8, 4) is 0 Å². The lowest BCUT2D eigenvalue weighted by Crippen LogP contribution is -2.26. The molecule has 0 aliphatic heterocycles. The number of carbonyl (C=O) groups excluding carboxylic acids is 1. The van der Waals surface area contributed by atoms with Gasteiger partial charge in [-0.3, -0.25) is 4.79 Å². The van der Waals surface area contributed by atoms with Gasteiger partial charge in [-0.15, -0.1) is 0 Å². The van der Waals surface area contributed by atoms with Gasteiger partial charge in [0.05, 0.1) is 17.3 Å². The quantitative estimate of drug-likeness (QED) is 0.711. The average molecular weight is 344 g/mol. The van der Waals surface area contributed by atoms with Crippen molar-refractivity contribution in [2.45, 2.75) is 6.92 Å². The summed E-state index contributed by atoms with van der Waals surface area (Å²) in [4.78, 5) is 14.4. The molecular weight excluding hydrogens is 330 g/mol. The number of aryl methyl sites for hydroxylation is 1. The first-order valence-electron chi connectivity index (χ1n) is 6.54. The van der Waals surface area contributed by atoms with Gasteiger partial charge in [0, 0.05) is 23.4 Å². The van der Waals surface area contributed by atoms with Gasteiger partial charge < -0.3 is 4.90 Å². The predicted molar refractivity (Wildman–Crippen MR) is 86.8 cm³/mol. The minimum Gasteiger partial charge on any atom is -0.311 e. The minimum atomic E-state index is -0.0679. The van der Waals surface area contributed by atoms with Gasteiger partial charge in [-0.1, -0.05) is 22.0 Å². The fourth-order valence-electron chi connectivity index (χ4n) is 2.38. The highest BCUT2D eigenvalue weighted by Crippen LogP contribution is 2.25. The van der Waals surface area contributed by atoms with Crippen molar-refractivity contribution in [1.82, 2.24) is 9.61 Å². The van der Waals surface area contributed by atoms with Crippen LogP contribution in [-0.2, 0) is 0 Å². The lowest BCUT2D eigenvalue weighted by atomic mass is 10.1. The molecule has 0 saturated heterocycles. The Balaban J connectivity index is 2.01. The van der Waals surface area contributed by atoms with Gasteiger partial charge in [-0.25, -0.2) is 4.52 Å². The number of hydrogen-bond donors (Lipinski definition) is 0. The Bertz CT molecular complexity index is 825. The molecule has 106 valence electrons. The Hall–Kier alpha value is -2.14. The van der Waals surface area contributed by atoms with Gasteiger partial charge in [-0.05, 0) is 42.8 Å². The normalized spacial score (nSPS) is 10.8. The molecule has 0 bridgehead atoms. The van der Waals surface area contributed by atoms with E-state index < -0.39 is 0 Å². The van der Waals surface area contributed by atoms with Crippen LogP contribution in [0.2, 0.25) is 0 Å². The molecule has 1 amide bonds. The van der Waals surface area contributed by atoms with Crippen molar-refractivity contribution >= 4 is 33.0 Å². The third kappa shape index (κ3) is 2.45. The van der Waals surface area contributed by atoms with Crippen molar-refractivity contribution in [1.29, 1.82) is 0 Å². The van der Waals surface area contributed by atoms with Crippen LogP contribution in [0.1, 0.15) is 15.9 Å². The number of halogens is 1. The molecule has 0 aliphatic rings. The van der Waals surface area contributed by atoms with Crippen LogP contribution in [0.25, 0.3) is 5.52 Å². The summed E-state index contributed by atoms with van der Waals surface area (Å²) in [6, 6.07) is 11.5. The van der Waals surface area contributed by atoms with E-state index in [1.165, 1.54) is 0 Å². The molecule has 0 spiro atoms. The molecule has 3 aromatic rings. The van der Waals surface area contributed by atoms with Crippen molar-refractivity contribution in [2.24, 2.45) is 0 Å². The van der Waals surface area contributed by atoms with Gasteiger partial charge in [0.1, 0.15) is 0 Å². The molecular formula is C16H14BrN3O. The number of rotatable bonds is 2. The molecule has 0 fully saturated rings. The summed E-state index contributed by atoms with van der Waals surface area (Å²) < 4.78 is 2.70. The van der Waals surface area contributed by atoms with Crippen LogP contribution in [0.4, 0.5) is 5.69 Å². The van der Waals surface area contributed by atoms with E-state index in [0.29, 0.717) is 5.56 Å². The number of nitrogens with zero attached hydrogens (tertiary/aromatic N) is 3. The lowest BCUT2D eigenvalue weighted by molar-refractivity contribution is 0.0994. The van der Waals surface area contributed by atoms with Crippen LogP contribution < -0.4 is 4.90 Å². The van der Waals surface area contributed by atoms with Gasteiger partial charge >= 0.3 is 0 Å². The summed E-state index contributed by atoms with van der Waals surface area (Å²) in [5, 5.41) is 4.21. The van der Waals surface area contributed by atoms with E-state index in [1.54, 1.807) is 22.7 Å². The monoisotopic (exact) mass is 343 g/mol. The van der Waals surface area contributed by atoms with Gasteiger partial charge in [0.25, 0.3) is 5.91 Å². The number of amides is 1. The lowest BCUT2D eigenvalue weighted by Gasteiger charge is -2.19. The first-order valence-corrected chi connectivity index (χ1v) is 7.34. The van der Waals surface area contributed by atoms with Crippen LogP contribution in [0.15, 0.2) is 53.3 Å². The fourth-order valence-corrected chi connectivity index (χ4v) is 2.86. The number of hydrogen-bond acceptors (Lipinski definition) is 2. The van der Waals surface area contributed by atoms with Gasteiger partial charge in [0.15, 0.2) is 0 Å². The fraction of sp³-hybridized carbons (Fsp3) is 0.125. The molecule has 0 N–H and O–H groups in total. The third-order valence-electron chi connectivity index (χ3n) is 3.48. The van der Waals surface area contributed by atoms with E-state index >= 15 is 0 Å². The summed E-state index contributed by atoms with van der Waals surface area (Å²) in [6.07, 6.45) is 3.44. The highest BCUT2D eigenvalue weighted by molar-refractivity contribution is 9.10. The zero-order valence-electron chi connectivity index (χ0n) is 11.7. The summed E-state index contributed by atoms with van der Waals surface area (Å²) >= 11 is 3.44. The van der Waals surface area contributed by atoms with Gasteiger partial charge in [0.2, 0.25) is 0 Å². The molecule has 2 aromatic heterocycles. The van der Waals surface area contributed by atoms with Crippen LogP contribution in [0.3, 0.4) is 0 Å². The zero-order valence-corrected chi connectivity index (χ0v) is 13.3. The summed E-state index contributed by atoms with van der Waals surface area (Å²) in [5.41, 5.74) is 3.33. The Morgan fingerprint density at radius 2 is 2.10 bits per heavy atom. The van der Waals surface area contributed by atoms with E-state index in [-0.39, 0.29) is 5.91 Å². The highest BCUT2D eigenvalue weighted by Gasteiger charge is 2.19. The Kier molecular flexibility index (Phi) is 3.51. The molecule has 0 atom stereocenters. The second-order valence-corrected chi connectivity index (χ2v) is 5.80. The SMILES string of the molecule is Cc1cc(Br)ccc1N(C)C(=O)c1cnn2ccccc12. The first kappa shape index (κ1) is 13.8. The number of anilines is 1. The third-order valence-corrected chi connectivity index (χ3v) is 3.97. The van der Waals surface area contributed by atoms with Crippen LogP contribution >= 0.6 is 15.9 Å². The van der Waals surface area contributed by atoms with E-state index in [9.17, 15) is 4.79 Å². The maximum absolute atomic E-state index is 12.7. The number of carbonyl (C=O) groups is 1. The molecule has 2 heterocycles. The Morgan fingerprint density at radius 1 is 1.29 bits per heavy atom. The topological polar surface area (TPSA) is 37.6 Å². The number of aromatic nitrogens is 2. The summed E-state index contributed by atoms with van der Waals surface area (Å²) in [7, 11) is 1.78. The largest absolute Gasteiger partial charge is 0.311 e. The van der Waals surface area contributed by atoms with Gasteiger partial charge in [-0.2, -0.15) is 5.10 Å². The molecule has 0 radical (unpaired) electrons. The second-order valence-electron chi connectivity index (χ2n) is 4.88. The molecule has 1 aromatic carbocycles. The van der Waals surface area contributed by atoms with Crippen LogP contribution in [-0.4, -0.2) is 22.6 Å². The number of pyridine rings is 1.